The van der Waals surface area contributed by atoms with E-state index >= 15 is 0 Å². The van der Waals surface area contributed by atoms with Crippen LogP contribution in [0.5, 0.6) is 11.5 Å². The average Bonchev–Trinajstić information content (AvgIpc) is 2.82. The van der Waals surface area contributed by atoms with Crippen LogP contribution < -0.4 is 14.9 Å². The average molecular weight is 558 g/mol. The predicted octanol–water partition coefficient (Wildman–Crippen LogP) is 4.86. The van der Waals surface area contributed by atoms with Gasteiger partial charge in [-0.15, -0.1) is 0 Å². The molecule has 33 heavy (non-hydrogen) atoms. The molecule has 0 aliphatic heterocycles. The number of carbonyl (C=O) groups excluding carboxylic acids is 1. The molecule has 0 saturated heterocycles. The fourth-order valence-corrected chi connectivity index (χ4v) is 4.06. The van der Waals surface area contributed by atoms with Gasteiger partial charge in [-0.1, -0.05) is 60.7 Å². The SMILES string of the molecule is CCOc1cc(C=NNC(=O)C(O)(c2ccccc2)c2ccccc2)cc(I)c1OC(C)C. The van der Waals surface area contributed by atoms with Crippen molar-refractivity contribution in [2.24, 2.45) is 5.10 Å². The topological polar surface area (TPSA) is 80.2 Å². The van der Waals surface area contributed by atoms with E-state index < -0.39 is 11.5 Å². The molecule has 1 amide bonds. The van der Waals surface area contributed by atoms with E-state index in [2.05, 4.69) is 33.1 Å². The Bertz CT molecular complexity index is 1060. The first-order valence-electron chi connectivity index (χ1n) is 10.7. The van der Waals surface area contributed by atoms with Crippen LogP contribution in [0.25, 0.3) is 0 Å². The Morgan fingerprint density at radius 2 is 1.67 bits per heavy atom. The van der Waals surface area contributed by atoms with Crippen molar-refractivity contribution < 1.29 is 19.4 Å². The first kappa shape index (κ1) is 24.7. The van der Waals surface area contributed by atoms with E-state index in [0.29, 0.717) is 29.2 Å². The molecule has 0 bridgehead atoms. The third-order valence-corrected chi connectivity index (χ3v) is 5.58. The van der Waals surface area contributed by atoms with Gasteiger partial charge in [0.1, 0.15) is 0 Å². The normalized spacial score (nSPS) is 11.6. The van der Waals surface area contributed by atoms with Crippen LogP contribution >= 0.6 is 22.6 Å². The van der Waals surface area contributed by atoms with E-state index in [1.54, 1.807) is 54.6 Å². The second-order valence-electron chi connectivity index (χ2n) is 7.57. The molecule has 0 aliphatic rings. The number of hydrazone groups is 1. The lowest BCUT2D eigenvalue weighted by atomic mass is 9.85. The number of ether oxygens (including phenoxy) is 2. The van der Waals surface area contributed by atoms with Crippen LogP contribution in [0.2, 0.25) is 0 Å². The molecule has 0 radical (unpaired) electrons. The van der Waals surface area contributed by atoms with E-state index in [0.717, 1.165) is 9.13 Å². The van der Waals surface area contributed by atoms with Crippen molar-refractivity contribution in [2.45, 2.75) is 32.5 Å². The molecule has 0 aromatic heterocycles. The number of hydrogen-bond acceptors (Lipinski definition) is 5. The van der Waals surface area contributed by atoms with E-state index in [1.807, 2.05) is 39.0 Å². The summed E-state index contributed by atoms with van der Waals surface area (Å²) in [6, 6.07) is 21.3. The van der Waals surface area contributed by atoms with Crippen LogP contribution in [0, 0.1) is 3.57 Å². The minimum absolute atomic E-state index is 0.00479. The van der Waals surface area contributed by atoms with Gasteiger partial charge in [-0.25, -0.2) is 5.43 Å². The van der Waals surface area contributed by atoms with Gasteiger partial charge in [-0.2, -0.15) is 5.10 Å². The Balaban J connectivity index is 1.87. The molecule has 0 saturated carbocycles. The Labute approximate surface area is 207 Å². The van der Waals surface area contributed by atoms with Crippen LogP contribution in [0.4, 0.5) is 0 Å². The molecule has 172 valence electrons. The van der Waals surface area contributed by atoms with Crippen molar-refractivity contribution in [1.29, 1.82) is 0 Å². The van der Waals surface area contributed by atoms with Crippen LogP contribution in [0.15, 0.2) is 77.9 Å². The largest absolute Gasteiger partial charge is 0.490 e. The summed E-state index contributed by atoms with van der Waals surface area (Å²) in [7, 11) is 0. The molecule has 3 aromatic rings. The zero-order valence-electron chi connectivity index (χ0n) is 18.8. The molecule has 6 nitrogen and oxygen atoms in total. The monoisotopic (exact) mass is 558 g/mol. The van der Waals surface area contributed by atoms with E-state index in [4.69, 9.17) is 9.47 Å². The summed E-state index contributed by atoms with van der Waals surface area (Å²) in [6.07, 6.45) is 1.52. The molecule has 0 fully saturated rings. The summed E-state index contributed by atoms with van der Waals surface area (Å²) in [5, 5.41) is 15.6. The van der Waals surface area contributed by atoms with Gasteiger partial charge >= 0.3 is 0 Å². The van der Waals surface area contributed by atoms with E-state index in [1.165, 1.54) is 6.21 Å². The minimum atomic E-state index is -1.89. The van der Waals surface area contributed by atoms with E-state index in [9.17, 15) is 9.90 Å². The first-order valence-corrected chi connectivity index (χ1v) is 11.7. The molecular formula is C26H27IN2O4. The minimum Gasteiger partial charge on any atom is -0.490 e. The molecule has 3 aromatic carbocycles. The standard InChI is InChI=1S/C26H27IN2O4/c1-4-32-23-16-19(15-22(27)24(23)33-18(2)3)17-28-29-25(30)26(31,20-11-7-5-8-12-20)21-13-9-6-10-14-21/h5-18,31H,4H2,1-3H3,(H,29,30). The number of rotatable bonds is 9. The van der Waals surface area contributed by atoms with Crippen molar-refractivity contribution in [3.8, 4) is 11.5 Å². The maximum absolute atomic E-state index is 13.1. The highest BCUT2D eigenvalue weighted by molar-refractivity contribution is 14.1. The molecule has 0 unspecified atom stereocenters. The van der Waals surface area contributed by atoms with Crippen LogP contribution in [0.3, 0.4) is 0 Å². The molecule has 0 atom stereocenters. The maximum atomic E-state index is 13.1. The molecule has 0 heterocycles. The fourth-order valence-electron chi connectivity index (χ4n) is 3.31. The van der Waals surface area contributed by atoms with Gasteiger partial charge in [-0.05, 0) is 72.2 Å². The van der Waals surface area contributed by atoms with E-state index in [-0.39, 0.29) is 6.10 Å². The number of nitrogens with one attached hydrogen (secondary N) is 1. The fraction of sp³-hybridized carbons (Fsp3) is 0.231. The van der Waals surface area contributed by atoms with Gasteiger partial charge in [0.25, 0.3) is 5.91 Å². The molecule has 3 rings (SSSR count). The van der Waals surface area contributed by atoms with Crippen molar-refractivity contribution >= 4 is 34.7 Å². The molecular weight excluding hydrogens is 531 g/mol. The number of nitrogens with zero attached hydrogens (tertiary/aromatic N) is 1. The summed E-state index contributed by atoms with van der Waals surface area (Å²) in [4.78, 5) is 13.1. The molecule has 0 spiro atoms. The van der Waals surface area contributed by atoms with Crippen LogP contribution in [0.1, 0.15) is 37.5 Å². The van der Waals surface area contributed by atoms with Crippen molar-refractivity contribution in [2.75, 3.05) is 6.61 Å². The van der Waals surface area contributed by atoms with Gasteiger partial charge in [0.15, 0.2) is 17.1 Å². The lowest BCUT2D eigenvalue weighted by molar-refractivity contribution is -0.136. The number of carbonyl (C=O) groups is 1. The zero-order valence-corrected chi connectivity index (χ0v) is 20.9. The summed E-state index contributed by atoms with van der Waals surface area (Å²) in [6.45, 7) is 6.30. The quantitative estimate of drug-likeness (QED) is 0.223. The van der Waals surface area contributed by atoms with Gasteiger partial charge in [0.05, 0.1) is 22.5 Å². The summed E-state index contributed by atoms with van der Waals surface area (Å²) in [5.41, 5.74) is 2.23. The van der Waals surface area contributed by atoms with Crippen molar-refractivity contribution in [3.63, 3.8) is 0 Å². The summed E-state index contributed by atoms with van der Waals surface area (Å²) in [5.74, 6) is 0.628. The summed E-state index contributed by atoms with van der Waals surface area (Å²) < 4.78 is 12.5. The third kappa shape index (κ3) is 5.91. The molecule has 7 heteroatoms. The van der Waals surface area contributed by atoms with Crippen molar-refractivity contribution in [3.05, 3.63) is 93.1 Å². The molecule has 0 aliphatic carbocycles. The highest BCUT2D eigenvalue weighted by atomic mass is 127. The Morgan fingerprint density at radius 1 is 1.09 bits per heavy atom. The smallest absolute Gasteiger partial charge is 0.281 e. The number of hydrogen-bond donors (Lipinski definition) is 2. The van der Waals surface area contributed by atoms with Gasteiger partial charge in [0, 0.05) is 0 Å². The lowest BCUT2D eigenvalue weighted by Gasteiger charge is -2.27. The third-order valence-electron chi connectivity index (χ3n) is 4.78. The van der Waals surface area contributed by atoms with Crippen LogP contribution in [-0.4, -0.2) is 29.9 Å². The maximum Gasteiger partial charge on any atom is 0.281 e. The van der Waals surface area contributed by atoms with Crippen LogP contribution in [-0.2, 0) is 10.4 Å². The van der Waals surface area contributed by atoms with Gasteiger partial charge in [-0.3, -0.25) is 4.79 Å². The second kappa shape index (κ2) is 11.3. The van der Waals surface area contributed by atoms with Gasteiger partial charge < -0.3 is 14.6 Å². The Kier molecular flexibility index (Phi) is 8.46. The van der Waals surface area contributed by atoms with Gasteiger partial charge in [0.2, 0.25) is 0 Å². The number of benzene rings is 3. The highest BCUT2D eigenvalue weighted by Gasteiger charge is 2.39. The molecule has 2 N–H and O–H groups in total. The number of amides is 1. The Hall–Kier alpha value is -2.91. The summed E-state index contributed by atoms with van der Waals surface area (Å²) >= 11 is 2.18. The Morgan fingerprint density at radius 3 is 2.18 bits per heavy atom. The predicted molar refractivity (Wildman–Crippen MR) is 138 cm³/mol. The van der Waals surface area contributed by atoms with Crippen molar-refractivity contribution in [1.82, 2.24) is 5.43 Å². The number of halogens is 1. The first-order chi connectivity index (χ1) is 15.9. The highest BCUT2D eigenvalue weighted by Crippen LogP contribution is 2.35. The zero-order chi connectivity index (χ0) is 23.8. The lowest BCUT2D eigenvalue weighted by Crippen LogP contribution is -2.43. The second-order valence-corrected chi connectivity index (χ2v) is 8.73. The number of aliphatic hydroxyl groups is 1.